The summed E-state index contributed by atoms with van der Waals surface area (Å²) in [5, 5.41) is 2.64. The van der Waals surface area contributed by atoms with E-state index >= 15 is 0 Å². The van der Waals surface area contributed by atoms with Crippen molar-refractivity contribution in [3.05, 3.63) is 29.8 Å². The maximum absolute atomic E-state index is 12.6. The number of amides is 3. The predicted octanol–water partition coefficient (Wildman–Crippen LogP) is 2.17. The van der Waals surface area contributed by atoms with Crippen molar-refractivity contribution in [2.24, 2.45) is 5.92 Å². The van der Waals surface area contributed by atoms with E-state index in [0.29, 0.717) is 18.1 Å². The van der Waals surface area contributed by atoms with E-state index in [-0.39, 0.29) is 5.56 Å². The number of methoxy groups -OCH3 is 1. The first-order valence-electron chi connectivity index (χ1n) is 9.14. The number of urea groups is 1. The van der Waals surface area contributed by atoms with Crippen molar-refractivity contribution in [3.8, 4) is 5.75 Å². The van der Waals surface area contributed by atoms with Crippen molar-refractivity contribution in [1.29, 1.82) is 0 Å². The third kappa shape index (κ3) is 4.88. The molecular weight excluding hydrogens is 364 g/mol. The molecule has 8 nitrogen and oxygen atoms in total. The van der Waals surface area contributed by atoms with Crippen molar-refractivity contribution in [2.75, 3.05) is 20.3 Å². The molecule has 1 atom stereocenters. The Bertz CT molecular complexity index is 776. The van der Waals surface area contributed by atoms with Crippen LogP contribution in [0.15, 0.2) is 24.3 Å². The molecule has 0 aromatic heterocycles. The number of ether oxygens (including phenoxy) is 2. The Hall–Kier alpha value is -2.90. The molecule has 0 radical (unpaired) electrons. The highest BCUT2D eigenvalue weighted by Crippen LogP contribution is 2.24. The van der Waals surface area contributed by atoms with Crippen LogP contribution in [-0.2, 0) is 14.3 Å². The molecule has 0 spiro atoms. The van der Waals surface area contributed by atoms with Gasteiger partial charge in [-0.2, -0.15) is 0 Å². The molecule has 0 bridgehead atoms. The predicted molar refractivity (Wildman–Crippen MR) is 101 cm³/mol. The van der Waals surface area contributed by atoms with E-state index in [9.17, 15) is 19.2 Å². The number of nitrogens with one attached hydrogen (secondary N) is 1. The van der Waals surface area contributed by atoms with Crippen molar-refractivity contribution in [1.82, 2.24) is 10.2 Å². The van der Waals surface area contributed by atoms with Crippen LogP contribution in [0.25, 0.3) is 0 Å². The smallest absolute Gasteiger partial charge is 0.326 e. The quantitative estimate of drug-likeness (QED) is 0.394. The first kappa shape index (κ1) is 21.4. The molecule has 28 heavy (non-hydrogen) atoms. The average Bonchev–Trinajstić information content (AvgIpc) is 2.88. The second-order valence-corrected chi connectivity index (χ2v) is 7.37. The number of para-hydroxylation sites is 1. The van der Waals surface area contributed by atoms with Crippen LogP contribution < -0.4 is 10.1 Å². The number of imide groups is 1. The number of esters is 1. The number of ketones is 1. The lowest BCUT2D eigenvalue weighted by Crippen LogP contribution is -2.44. The summed E-state index contributed by atoms with van der Waals surface area (Å²) in [6.45, 7) is 4.65. The summed E-state index contributed by atoms with van der Waals surface area (Å²) in [7, 11) is 1.44. The second kappa shape index (κ2) is 8.86. The Morgan fingerprint density at radius 1 is 1.21 bits per heavy atom. The number of Topliss-reactive ketones (excluding diaryl/α,β-unsaturated/α-hetero) is 1. The van der Waals surface area contributed by atoms with Gasteiger partial charge in [-0.05, 0) is 37.8 Å². The van der Waals surface area contributed by atoms with Gasteiger partial charge in [0.2, 0.25) is 5.78 Å². The Morgan fingerprint density at radius 3 is 2.54 bits per heavy atom. The van der Waals surface area contributed by atoms with Gasteiger partial charge in [-0.1, -0.05) is 26.0 Å². The molecule has 1 aromatic carbocycles. The Kier molecular flexibility index (Phi) is 6.77. The first-order chi connectivity index (χ1) is 13.2. The largest absolute Gasteiger partial charge is 0.496 e. The van der Waals surface area contributed by atoms with E-state index in [4.69, 9.17) is 9.47 Å². The Balaban J connectivity index is 1.93. The van der Waals surface area contributed by atoms with Gasteiger partial charge in [0, 0.05) is 0 Å². The van der Waals surface area contributed by atoms with Gasteiger partial charge < -0.3 is 14.8 Å². The lowest BCUT2D eigenvalue weighted by molar-refractivity contribution is -0.146. The number of hydrogen-bond donors (Lipinski definition) is 1. The van der Waals surface area contributed by atoms with Crippen LogP contribution in [-0.4, -0.2) is 54.4 Å². The fraction of sp³-hybridized carbons (Fsp3) is 0.500. The monoisotopic (exact) mass is 390 g/mol. The summed E-state index contributed by atoms with van der Waals surface area (Å²) < 4.78 is 10.1. The number of carbonyl (C=O) groups excluding carboxylic acids is 4. The highest BCUT2D eigenvalue weighted by molar-refractivity contribution is 6.08. The van der Waals surface area contributed by atoms with E-state index in [1.165, 1.54) is 7.11 Å². The number of nitrogens with zero attached hydrogens (tertiary/aromatic N) is 1. The molecule has 1 N–H and O–H groups in total. The van der Waals surface area contributed by atoms with Crippen molar-refractivity contribution >= 4 is 23.7 Å². The van der Waals surface area contributed by atoms with E-state index in [2.05, 4.69) is 5.32 Å². The summed E-state index contributed by atoms with van der Waals surface area (Å²) >= 11 is 0. The van der Waals surface area contributed by atoms with Crippen molar-refractivity contribution < 1.29 is 28.7 Å². The third-order valence-electron chi connectivity index (χ3n) is 4.63. The molecule has 0 aliphatic carbocycles. The normalized spacial score (nSPS) is 19.0. The molecule has 1 aliphatic heterocycles. The SMILES string of the molecule is COc1ccccc1C(=O)COC(=O)CN1C(=O)N[C@@](C)(CCC(C)C)C1=O. The number of benzene rings is 1. The second-order valence-electron chi connectivity index (χ2n) is 7.37. The number of carbonyl (C=O) groups is 4. The molecule has 0 unspecified atom stereocenters. The molecule has 1 heterocycles. The summed E-state index contributed by atoms with van der Waals surface area (Å²) in [5.41, 5.74) is -0.747. The topological polar surface area (TPSA) is 102 Å². The summed E-state index contributed by atoms with van der Waals surface area (Å²) in [6, 6.07) is 5.94. The lowest BCUT2D eigenvalue weighted by Gasteiger charge is -2.22. The minimum Gasteiger partial charge on any atom is -0.496 e. The van der Waals surface area contributed by atoms with Gasteiger partial charge in [0.1, 0.15) is 17.8 Å². The molecular formula is C20H26N2O6. The van der Waals surface area contributed by atoms with Gasteiger partial charge >= 0.3 is 12.0 Å². The molecule has 3 amide bonds. The highest BCUT2D eigenvalue weighted by Gasteiger charge is 2.48. The van der Waals surface area contributed by atoms with Crippen molar-refractivity contribution in [2.45, 2.75) is 39.2 Å². The van der Waals surface area contributed by atoms with E-state index in [1.807, 2.05) is 13.8 Å². The van der Waals surface area contributed by atoms with Crippen LogP contribution in [0.3, 0.4) is 0 Å². The van der Waals surface area contributed by atoms with Crippen LogP contribution in [0.4, 0.5) is 4.79 Å². The molecule has 1 fully saturated rings. The van der Waals surface area contributed by atoms with Crippen LogP contribution >= 0.6 is 0 Å². The molecule has 1 aromatic rings. The molecule has 152 valence electrons. The molecule has 0 saturated carbocycles. The van der Waals surface area contributed by atoms with Crippen LogP contribution in [0.5, 0.6) is 5.75 Å². The van der Waals surface area contributed by atoms with Crippen molar-refractivity contribution in [3.63, 3.8) is 0 Å². The maximum Gasteiger partial charge on any atom is 0.326 e. The van der Waals surface area contributed by atoms with E-state index in [0.717, 1.165) is 11.3 Å². The fourth-order valence-corrected chi connectivity index (χ4v) is 2.91. The third-order valence-corrected chi connectivity index (χ3v) is 4.63. The van der Waals surface area contributed by atoms with Gasteiger partial charge in [-0.3, -0.25) is 19.3 Å². The van der Waals surface area contributed by atoms with Gasteiger partial charge in [0.05, 0.1) is 12.7 Å². The molecule has 1 aliphatic rings. The molecule has 2 rings (SSSR count). The standard InChI is InChI=1S/C20H26N2O6/c1-13(2)9-10-20(3)18(25)22(19(26)21-20)11-17(24)28-12-15(23)14-7-5-6-8-16(14)27-4/h5-8,13H,9-12H2,1-4H3,(H,21,26)/t20-/m0/s1. The van der Waals surface area contributed by atoms with E-state index in [1.54, 1.807) is 31.2 Å². The zero-order valence-electron chi connectivity index (χ0n) is 16.6. The fourth-order valence-electron chi connectivity index (χ4n) is 2.91. The average molecular weight is 390 g/mol. The summed E-state index contributed by atoms with van der Waals surface area (Å²) in [5.74, 6) is -0.990. The number of hydrogen-bond acceptors (Lipinski definition) is 6. The van der Waals surface area contributed by atoms with Crippen LogP contribution in [0.1, 0.15) is 44.0 Å². The zero-order valence-corrected chi connectivity index (χ0v) is 16.6. The Morgan fingerprint density at radius 2 is 1.89 bits per heavy atom. The minimum absolute atomic E-state index is 0.286. The van der Waals surface area contributed by atoms with Gasteiger partial charge in [0.15, 0.2) is 6.61 Å². The minimum atomic E-state index is -1.03. The first-order valence-corrected chi connectivity index (χ1v) is 9.14. The van der Waals surface area contributed by atoms with Gasteiger partial charge in [0.25, 0.3) is 5.91 Å². The lowest BCUT2D eigenvalue weighted by atomic mass is 9.92. The van der Waals surface area contributed by atoms with Crippen LogP contribution in [0, 0.1) is 5.92 Å². The van der Waals surface area contributed by atoms with Gasteiger partial charge in [-0.15, -0.1) is 0 Å². The zero-order chi connectivity index (χ0) is 20.9. The summed E-state index contributed by atoms with van der Waals surface area (Å²) in [6.07, 6.45) is 1.24. The highest BCUT2D eigenvalue weighted by atomic mass is 16.5. The van der Waals surface area contributed by atoms with Gasteiger partial charge in [-0.25, -0.2) is 4.79 Å². The van der Waals surface area contributed by atoms with E-state index < -0.39 is 42.4 Å². The maximum atomic E-state index is 12.6. The molecule has 1 saturated heterocycles. The Labute approximate surface area is 164 Å². The molecule has 8 heteroatoms. The van der Waals surface area contributed by atoms with Crippen LogP contribution in [0.2, 0.25) is 0 Å². The number of rotatable bonds is 9. The summed E-state index contributed by atoms with van der Waals surface area (Å²) in [4.78, 5) is 49.8.